The molecule has 7 nitrogen and oxygen atoms in total. The molecule has 3 rings (SSSR count). The molecule has 1 amide bonds. The number of hydrogen-bond donors (Lipinski definition) is 3. The fourth-order valence-corrected chi connectivity index (χ4v) is 4.95. The Hall–Kier alpha value is -2.58. The van der Waals surface area contributed by atoms with E-state index < -0.39 is 34.1 Å². The molecule has 1 heterocycles. The Labute approximate surface area is 173 Å². The molecule has 3 N–H and O–H groups in total. The van der Waals surface area contributed by atoms with Gasteiger partial charge in [-0.25, -0.2) is 0 Å². The van der Waals surface area contributed by atoms with Crippen molar-refractivity contribution in [3.8, 4) is 5.75 Å². The van der Waals surface area contributed by atoms with E-state index in [1.54, 1.807) is 19.9 Å². The number of hydrogen-bond acceptors (Lipinski definition) is 6. The normalized spacial score (nSPS) is 21.5. The second kappa shape index (κ2) is 8.42. The van der Waals surface area contributed by atoms with Crippen molar-refractivity contribution in [2.24, 2.45) is 0 Å². The number of carbonyl (C=O) groups is 3. The Morgan fingerprint density at radius 2 is 2.03 bits per heavy atom. The highest BCUT2D eigenvalue weighted by molar-refractivity contribution is 8.01. The molecule has 0 saturated carbocycles. The second-order valence-corrected chi connectivity index (χ2v) is 9.10. The lowest BCUT2D eigenvalue weighted by molar-refractivity contribution is -0.140. The molecule has 1 saturated heterocycles. The molecule has 0 bridgehead atoms. The monoisotopic (exact) mass is 416 g/mol. The summed E-state index contributed by atoms with van der Waals surface area (Å²) in [5, 5.41) is 16.2. The van der Waals surface area contributed by atoms with Crippen molar-refractivity contribution in [3.63, 3.8) is 0 Å². The zero-order chi connectivity index (χ0) is 21.2. The van der Waals surface area contributed by atoms with Gasteiger partial charge in [-0.1, -0.05) is 30.3 Å². The van der Waals surface area contributed by atoms with Gasteiger partial charge in [-0.3, -0.25) is 14.9 Å². The number of benzene rings is 2. The summed E-state index contributed by atoms with van der Waals surface area (Å²) in [6, 6.07) is 9.33. The number of fused-ring (bicyclic) bond motifs is 1. The third-order valence-corrected chi connectivity index (χ3v) is 6.42. The van der Waals surface area contributed by atoms with E-state index in [2.05, 4.69) is 10.6 Å². The van der Waals surface area contributed by atoms with E-state index in [1.807, 2.05) is 37.3 Å². The lowest BCUT2D eigenvalue weighted by Gasteiger charge is -2.22. The summed E-state index contributed by atoms with van der Waals surface area (Å²) in [5.74, 6) is -1.00. The van der Waals surface area contributed by atoms with Crippen LogP contribution in [-0.4, -0.2) is 52.1 Å². The lowest BCUT2D eigenvalue weighted by Crippen LogP contribution is -2.51. The van der Waals surface area contributed by atoms with Gasteiger partial charge in [-0.2, -0.15) is 0 Å². The topological polar surface area (TPSA) is 105 Å². The Balaban J connectivity index is 1.90. The van der Waals surface area contributed by atoms with Gasteiger partial charge in [0.05, 0.1) is 17.5 Å². The Morgan fingerprint density at radius 1 is 1.31 bits per heavy atom. The maximum absolute atomic E-state index is 13.2. The standard InChI is InChI=1S/C21H24N2O5S/c1-4-28-15-10-9-12-7-5-6-8-13(12)16(15)18(25)22-14(11-24)19-23-17(20(26)27)21(2,3)29-19/h5-11,14,17,19,23H,4H2,1-3H3,(H,22,25)(H,26,27)/t14-,17+,19-/m1/s1. The molecule has 8 heteroatoms. The van der Waals surface area contributed by atoms with Gasteiger partial charge in [0, 0.05) is 4.75 Å². The van der Waals surface area contributed by atoms with Crippen LogP contribution in [0, 0.1) is 0 Å². The van der Waals surface area contributed by atoms with E-state index >= 15 is 0 Å². The van der Waals surface area contributed by atoms with E-state index in [-0.39, 0.29) is 0 Å². The van der Waals surface area contributed by atoms with Crippen LogP contribution in [0.5, 0.6) is 5.75 Å². The molecule has 2 aromatic carbocycles. The number of carbonyl (C=O) groups excluding carboxylic acids is 2. The van der Waals surface area contributed by atoms with Crippen LogP contribution in [0.4, 0.5) is 0 Å². The number of amides is 1. The predicted molar refractivity (Wildman–Crippen MR) is 112 cm³/mol. The highest BCUT2D eigenvalue weighted by Gasteiger charge is 2.47. The van der Waals surface area contributed by atoms with Crippen LogP contribution in [0.15, 0.2) is 36.4 Å². The Bertz CT molecular complexity index is 946. The van der Waals surface area contributed by atoms with Gasteiger partial charge >= 0.3 is 5.97 Å². The maximum Gasteiger partial charge on any atom is 0.322 e. The van der Waals surface area contributed by atoms with Crippen LogP contribution in [-0.2, 0) is 9.59 Å². The van der Waals surface area contributed by atoms with E-state index in [1.165, 1.54) is 11.8 Å². The van der Waals surface area contributed by atoms with Crippen molar-refractivity contribution in [3.05, 3.63) is 42.0 Å². The molecule has 2 aromatic rings. The molecular formula is C21H24N2O5S. The summed E-state index contributed by atoms with van der Waals surface area (Å²) >= 11 is 1.32. The molecule has 1 aliphatic rings. The summed E-state index contributed by atoms with van der Waals surface area (Å²) in [7, 11) is 0. The van der Waals surface area contributed by atoms with Crippen molar-refractivity contribution in [1.82, 2.24) is 10.6 Å². The lowest BCUT2D eigenvalue weighted by atomic mass is 10.0. The molecule has 0 unspecified atom stereocenters. The number of nitrogens with one attached hydrogen (secondary N) is 2. The summed E-state index contributed by atoms with van der Waals surface area (Å²) in [6.07, 6.45) is 0.633. The summed E-state index contributed by atoms with van der Waals surface area (Å²) < 4.78 is 5.01. The SMILES string of the molecule is CCOc1ccc2ccccc2c1C(=O)N[C@H](C=O)[C@@H]1N[C@@H](C(=O)O)C(C)(C)S1. The van der Waals surface area contributed by atoms with E-state index in [0.717, 1.165) is 10.8 Å². The van der Waals surface area contributed by atoms with Gasteiger partial charge < -0.3 is 20.0 Å². The zero-order valence-electron chi connectivity index (χ0n) is 16.5. The van der Waals surface area contributed by atoms with Gasteiger partial charge in [0.1, 0.15) is 24.1 Å². The summed E-state index contributed by atoms with van der Waals surface area (Å²) in [5.41, 5.74) is 0.355. The molecule has 0 aromatic heterocycles. The number of carboxylic acids is 1. The van der Waals surface area contributed by atoms with Crippen LogP contribution in [0.2, 0.25) is 0 Å². The third-order valence-electron chi connectivity index (χ3n) is 4.89. The smallest absolute Gasteiger partial charge is 0.322 e. The molecular weight excluding hydrogens is 392 g/mol. The first-order valence-corrected chi connectivity index (χ1v) is 10.2. The van der Waals surface area contributed by atoms with Crippen molar-refractivity contribution in [2.45, 2.75) is 43.0 Å². The molecule has 0 radical (unpaired) electrons. The van der Waals surface area contributed by atoms with Crippen LogP contribution >= 0.6 is 11.8 Å². The molecule has 0 spiro atoms. The number of ether oxygens (including phenoxy) is 1. The first-order chi connectivity index (χ1) is 13.8. The molecule has 1 aliphatic heterocycles. The van der Waals surface area contributed by atoms with E-state index in [0.29, 0.717) is 24.2 Å². The minimum atomic E-state index is -0.992. The Morgan fingerprint density at radius 3 is 2.66 bits per heavy atom. The molecule has 29 heavy (non-hydrogen) atoms. The van der Waals surface area contributed by atoms with Crippen LogP contribution < -0.4 is 15.4 Å². The van der Waals surface area contributed by atoms with Crippen LogP contribution in [0.3, 0.4) is 0 Å². The molecule has 154 valence electrons. The van der Waals surface area contributed by atoms with Crippen LogP contribution in [0.1, 0.15) is 31.1 Å². The summed E-state index contributed by atoms with van der Waals surface area (Å²) in [4.78, 5) is 36.4. The second-order valence-electron chi connectivity index (χ2n) is 7.31. The highest BCUT2D eigenvalue weighted by Crippen LogP contribution is 2.39. The van der Waals surface area contributed by atoms with Gasteiger partial charge in [-0.05, 0) is 37.6 Å². The zero-order valence-corrected chi connectivity index (χ0v) is 17.3. The fraction of sp³-hybridized carbons (Fsp3) is 0.381. The summed E-state index contributed by atoms with van der Waals surface area (Å²) in [6.45, 7) is 5.82. The van der Waals surface area contributed by atoms with Crippen molar-refractivity contribution < 1.29 is 24.2 Å². The number of aldehydes is 1. The minimum absolute atomic E-state index is 0.355. The van der Waals surface area contributed by atoms with E-state index in [9.17, 15) is 19.5 Å². The van der Waals surface area contributed by atoms with Gasteiger partial charge in [-0.15, -0.1) is 11.8 Å². The molecule has 1 fully saturated rings. The van der Waals surface area contributed by atoms with Gasteiger partial charge in [0.15, 0.2) is 0 Å². The largest absolute Gasteiger partial charge is 0.493 e. The predicted octanol–water partition coefficient (Wildman–Crippen LogP) is 2.43. The number of thioether (sulfide) groups is 1. The first-order valence-electron chi connectivity index (χ1n) is 9.36. The highest BCUT2D eigenvalue weighted by atomic mass is 32.2. The van der Waals surface area contributed by atoms with Crippen molar-refractivity contribution in [2.75, 3.05) is 6.61 Å². The fourth-order valence-electron chi connectivity index (χ4n) is 3.51. The van der Waals surface area contributed by atoms with Gasteiger partial charge in [0.2, 0.25) is 0 Å². The van der Waals surface area contributed by atoms with Crippen LogP contribution in [0.25, 0.3) is 10.8 Å². The number of aliphatic carboxylic acids is 1. The Kier molecular flexibility index (Phi) is 6.14. The van der Waals surface area contributed by atoms with Crippen molar-refractivity contribution in [1.29, 1.82) is 0 Å². The minimum Gasteiger partial charge on any atom is -0.493 e. The molecule has 3 atom stereocenters. The maximum atomic E-state index is 13.2. The number of rotatable bonds is 7. The molecule has 0 aliphatic carbocycles. The first kappa shape index (κ1) is 21.1. The van der Waals surface area contributed by atoms with Gasteiger partial charge in [0.25, 0.3) is 5.91 Å². The quantitative estimate of drug-likeness (QED) is 0.596. The van der Waals surface area contributed by atoms with E-state index in [4.69, 9.17) is 4.74 Å². The average molecular weight is 416 g/mol. The average Bonchev–Trinajstić information content (AvgIpc) is 3.01. The number of carboxylic acid groups (broad SMARTS) is 1. The third kappa shape index (κ3) is 4.23. The van der Waals surface area contributed by atoms with Crippen molar-refractivity contribution >= 4 is 40.7 Å².